The molecule has 1 aliphatic rings. The van der Waals surface area contributed by atoms with Crippen molar-refractivity contribution in [2.75, 3.05) is 20.1 Å². The minimum atomic E-state index is 0.618. The van der Waals surface area contributed by atoms with Crippen molar-refractivity contribution in [3.63, 3.8) is 0 Å². The summed E-state index contributed by atoms with van der Waals surface area (Å²) in [7, 11) is 1.83. The van der Waals surface area contributed by atoms with Crippen molar-refractivity contribution in [2.24, 2.45) is 10.9 Å². The van der Waals surface area contributed by atoms with Gasteiger partial charge in [0, 0.05) is 26.2 Å². The predicted octanol–water partition coefficient (Wildman–Crippen LogP) is 2.62. The Morgan fingerprint density at radius 1 is 1.39 bits per heavy atom. The number of guanidine groups is 1. The van der Waals surface area contributed by atoms with E-state index < -0.39 is 0 Å². The minimum absolute atomic E-state index is 0.618. The molecule has 2 heterocycles. The number of aromatic nitrogens is 1. The summed E-state index contributed by atoms with van der Waals surface area (Å²) in [6, 6.07) is 12.7. The maximum absolute atomic E-state index is 5.24. The van der Waals surface area contributed by atoms with Crippen LogP contribution in [0.3, 0.4) is 0 Å². The van der Waals surface area contributed by atoms with Crippen LogP contribution in [-0.2, 0) is 13.0 Å². The highest BCUT2D eigenvalue weighted by molar-refractivity contribution is 5.80. The highest BCUT2D eigenvalue weighted by Gasteiger charge is 2.25. The van der Waals surface area contributed by atoms with Gasteiger partial charge in [0.2, 0.25) is 0 Å². The average Bonchev–Trinajstić information content (AvgIpc) is 3.19. The van der Waals surface area contributed by atoms with E-state index >= 15 is 0 Å². The number of nitrogens with zero attached hydrogens (tertiary/aromatic N) is 3. The van der Waals surface area contributed by atoms with Crippen LogP contribution < -0.4 is 5.32 Å². The molecule has 0 spiro atoms. The second kappa shape index (κ2) is 7.31. The molecule has 1 fully saturated rings. The highest BCUT2D eigenvalue weighted by Crippen LogP contribution is 2.21. The number of hydrogen-bond donors (Lipinski definition) is 1. The number of nitrogens with one attached hydrogen (secondary N) is 1. The molecular weight excluding hydrogens is 288 g/mol. The first-order chi connectivity index (χ1) is 11.2. The Labute approximate surface area is 137 Å². The van der Waals surface area contributed by atoms with Gasteiger partial charge in [-0.15, -0.1) is 0 Å². The van der Waals surface area contributed by atoms with Crippen LogP contribution in [0.4, 0.5) is 0 Å². The fourth-order valence-corrected chi connectivity index (χ4v) is 3.14. The lowest BCUT2D eigenvalue weighted by molar-refractivity contribution is 0.372. The number of benzene rings is 1. The lowest BCUT2D eigenvalue weighted by Gasteiger charge is -2.21. The van der Waals surface area contributed by atoms with Gasteiger partial charge >= 0.3 is 0 Å². The SMILES string of the molecule is CN=C(NCc1cc(C)no1)N1CCC(Cc2ccccc2)C1. The molecule has 122 valence electrons. The number of hydrogen-bond acceptors (Lipinski definition) is 3. The summed E-state index contributed by atoms with van der Waals surface area (Å²) < 4.78 is 5.24. The molecule has 1 aliphatic heterocycles. The van der Waals surface area contributed by atoms with Crippen LogP contribution in [0.2, 0.25) is 0 Å². The van der Waals surface area contributed by atoms with Crippen LogP contribution in [0.5, 0.6) is 0 Å². The highest BCUT2D eigenvalue weighted by atomic mass is 16.5. The van der Waals surface area contributed by atoms with E-state index in [1.54, 1.807) is 0 Å². The molecule has 0 radical (unpaired) electrons. The molecule has 23 heavy (non-hydrogen) atoms. The van der Waals surface area contributed by atoms with Crippen LogP contribution in [0.1, 0.15) is 23.4 Å². The van der Waals surface area contributed by atoms with Crippen molar-refractivity contribution in [3.8, 4) is 0 Å². The number of aryl methyl sites for hydroxylation is 1. The fraction of sp³-hybridized carbons (Fsp3) is 0.444. The van der Waals surface area contributed by atoms with E-state index in [9.17, 15) is 0 Å². The summed E-state index contributed by atoms with van der Waals surface area (Å²) in [5.41, 5.74) is 2.32. The van der Waals surface area contributed by atoms with E-state index in [0.717, 1.165) is 36.9 Å². The fourth-order valence-electron chi connectivity index (χ4n) is 3.14. The zero-order chi connectivity index (χ0) is 16.1. The topological polar surface area (TPSA) is 53.7 Å². The van der Waals surface area contributed by atoms with Crippen molar-refractivity contribution < 1.29 is 4.52 Å². The lowest BCUT2D eigenvalue weighted by Crippen LogP contribution is -2.39. The Morgan fingerprint density at radius 3 is 2.91 bits per heavy atom. The molecule has 1 aromatic carbocycles. The molecule has 0 aliphatic carbocycles. The summed E-state index contributed by atoms with van der Waals surface area (Å²) in [5.74, 6) is 2.46. The molecule has 1 aromatic heterocycles. The van der Waals surface area contributed by atoms with Crippen molar-refractivity contribution in [1.29, 1.82) is 0 Å². The van der Waals surface area contributed by atoms with Gasteiger partial charge in [0.05, 0.1) is 12.2 Å². The van der Waals surface area contributed by atoms with Crippen molar-refractivity contribution >= 4 is 5.96 Å². The third-order valence-electron chi connectivity index (χ3n) is 4.26. The monoisotopic (exact) mass is 312 g/mol. The molecule has 1 unspecified atom stereocenters. The van der Waals surface area contributed by atoms with Gasteiger partial charge in [-0.3, -0.25) is 4.99 Å². The largest absolute Gasteiger partial charge is 0.359 e. The lowest BCUT2D eigenvalue weighted by atomic mass is 9.99. The molecule has 1 atom stereocenters. The van der Waals surface area contributed by atoms with E-state index in [4.69, 9.17) is 4.52 Å². The summed E-state index contributed by atoms with van der Waals surface area (Å²) in [4.78, 5) is 6.73. The molecule has 3 rings (SSSR count). The predicted molar refractivity (Wildman–Crippen MR) is 91.3 cm³/mol. The molecule has 0 amide bonds. The second-order valence-electron chi connectivity index (χ2n) is 6.13. The van der Waals surface area contributed by atoms with Crippen LogP contribution in [-0.4, -0.2) is 36.2 Å². The average molecular weight is 312 g/mol. The van der Waals surface area contributed by atoms with Gasteiger partial charge in [-0.25, -0.2) is 0 Å². The van der Waals surface area contributed by atoms with E-state index in [1.165, 1.54) is 12.0 Å². The quantitative estimate of drug-likeness (QED) is 0.696. The van der Waals surface area contributed by atoms with Gasteiger partial charge < -0.3 is 14.7 Å². The minimum Gasteiger partial charge on any atom is -0.359 e. The van der Waals surface area contributed by atoms with Gasteiger partial charge in [-0.05, 0) is 31.2 Å². The first-order valence-corrected chi connectivity index (χ1v) is 8.16. The molecule has 0 bridgehead atoms. The number of rotatable bonds is 4. The third kappa shape index (κ3) is 4.12. The van der Waals surface area contributed by atoms with Crippen LogP contribution in [0, 0.1) is 12.8 Å². The zero-order valence-corrected chi connectivity index (χ0v) is 13.8. The van der Waals surface area contributed by atoms with Gasteiger partial charge in [-0.1, -0.05) is 35.5 Å². The zero-order valence-electron chi connectivity index (χ0n) is 13.8. The maximum Gasteiger partial charge on any atom is 0.194 e. The third-order valence-corrected chi connectivity index (χ3v) is 4.26. The van der Waals surface area contributed by atoms with Crippen molar-refractivity contribution in [2.45, 2.75) is 26.3 Å². The summed E-state index contributed by atoms with van der Waals surface area (Å²) >= 11 is 0. The van der Waals surface area contributed by atoms with Gasteiger partial charge in [0.1, 0.15) is 0 Å². The molecule has 1 saturated heterocycles. The smallest absolute Gasteiger partial charge is 0.194 e. The molecular formula is C18H24N4O. The molecule has 1 N–H and O–H groups in total. The summed E-state index contributed by atoms with van der Waals surface area (Å²) in [6.45, 7) is 4.64. The van der Waals surface area contributed by atoms with E-state index in [-0.39, 0.29) is 0 Å². The molecule has 0 saturated carbocycles. The first-order valence-electron chi connectivity index (χ1n) is 8.16. The second-order valence-corrected chi connectivity index (χ2v) is 6.13. The first kappa shape index (κ1) is 15.6. The van der Waals surface area contributed by atoms with E-state index in [1.807, 2.05) is 20.0 Å². The Bertz CT molecular complexity index is 650. The van der Waals surface area contributed by atoms with E-state index in [0.29, 0.717) is 12.5 Å². The Balaban J connectivity index is 1.52. The van der Waals surface area contributed by atoms with Crippen LogP contribution in [0.15, 0.2) is 45.9 Å². The molecule has 5 heteroatoms. The van der Waals surface area contributed by atoms with E-state index in [2.05, 4.69) is 50.7 Å². The summed E-state index contributed by atoms with van der Waals surface area (Å²) in [6.07, 6.45) is 2.34. The van der Waals surface area contributed by atoms with Crippen molar-refractivity contribution in [1.82, 2.24) is 15.4 Å². The Kier molecular flexibility index (Phi) is 4.95. The maximum atomic E-state index is 5.24. The van der Waals surface area contributed by atoms with Gasteiger partial charge in [0.15, 0.2) is 11.7 Å². The standard InChI is InChI=1S/C18H24N4O/c1-14-10-17(23-21-14)12-20-18(19-2)22-9-8-16(13-22)11-15-6-4-3-5-7-15/h3-7,10,16H,8-9,11-13H2,1-2H3,(H,19,20). The Morgan fingerprint density at radius 2 is 2.22 bits per heavy atom. The van der Waals surface area contributed by atoms with Crippen LogP contribution >= 0.6 is 0 Å². The number of likely N-dealkylation sites (tertiary alicyclic amines) is 1. The Hall–Kier alpha value is -2.30. The van der Waals surface area contributed by atoms with Crippen LogP contribution in [0.25, 0.3) is 0 Å². The normalized spacial score (nSPS) is 18.4. The molecule has 5 nitrogen and oxygen atoms in total. The summed E-state index contributed by atoms with van der Waals surface area (Å²) in [5, 5.41) is 7.28. The van der Waals surface area contributed by atoms with Crippen molar-refractivity contribution in [3.05, 3.63) is 53.4 Å². The number of aliphatic imine (C=N–C) groups is 1. The van der Waals surface area contributed by atoms with Gasteiger partial charge in [-0.2, -0.15) is 0 Å². The molecule has 2 aromatic rings. The van der Waals surface area contributed by atoms with Gasteiger partial charge in [0.25, 0.3) is 0 Å².